The van der Waals surface area contributed by atoms with E-state index in [4.69, 9.17) is 5.73 Å². The molecule has 1 heterocycles. The Morgan fingerprint density at radius 2 is 2.06 bits per heavy atom. The topological polar surface area (TPSA) is 43.8 Å². The molecular weight excluding hydrogens is 278 g/mol. The fraction of sp³-hybridized carbons (Fsp3) is 0.308. The first-order valence-electron chi connectivity index (χ1n) is 5.65. The minimum Gasteiger partial charge on any atom is -0.337 e. The van der Waals surface area contributed by atoms with Crippen LogP contribution >= 0.6 is 15.9 Å². The van der Waals surface area contributed by atoms with Gasteiger partial charge in [-0.25, -0.2) is 4.98 Å². The van der Waals surface area contributed by atoms with Crippen LogP contribution in [0.15, 0.2) is 35.1 Å². The minimum atomic E-state index is 0.506. The average molecular weight is 294 g/mol. The molecule has 0 atom stereocenters. The van der Waals surface area contributed by atoms with Crippen molar-refractivity contribution in [2.45, 2.75) is 19.4 Å². The maximum Gasteiger partial charge on any atom is 0.0949 e. The van der Waals surface area contributed by atoms with E-state index in [9.17, 15) is 0 Å². The highest BCUT2D eigenvalue weighted by atomic mass is 79.9. The van der Waals surface area contributed by atoms with Gasteiger partial charge in [0.15, 0.2) is 0 Å². The van der Waals surface area contributed by atoms with E-state index in [2.05, 4.69) is 43.7 Å². The lowest BCUT2D eigenvalue weighted by molar-refractivity contribution is 0.784. The van der Waals surface area contributed by atoms with E-state index in [1.54, 1.807) is 0 Å². The molecule has 2 aromatic rings. The normalized spacial score (nSPS) is 10.8. The van der Waals surface area contributed by atoms with Gasteiger partial charge in [0.2, 0.25) is 0 Å². The molecule has 2 N–H and O–H groups in total. The van der Waals surface area contributed by atoms with Gasteiger partial charge >= 0.3 is 0 Å². The number of benzene rings is 1. The number of hydrogen-bond donors (Lipinski definition) is 1. The molecule has 3 nitrogen and oxygen atoms in total. The van der Waals surface area contributed by atoms with Crippen LogP contribution in [0.4, 0.5) is 0 Å². The molecule has 0 aliphatic rings. The number of aryl methyl sites for hydroxylation is 2. The summed E-state index contributed by atoms with van der Waals surface area (Å²) in [4.78, 5) is 4.30. The predicted molar refractivity (Wildman–Crippen MR) is 72.6 cm³/mol. The van der Waals surface area contributed by atoms with E-state index in [0.29, 0.717) is 6.54 Å². The van der Waals surface area contributed by atoms with Crippen molar-refractivity contribution in [1.29, 1.82) is 0 Å². The summed E-state index contributed by atoms with van der Waals surface area (Å²) in [5.41, 5.74) is 9.22. The Hall–Kier alpha value is -1.13. The van der Waals surface area contributed by atoms with Crippen LogP contribution < -0.4 is 5.73 Å². The summed E-state index contributed by atoms with van der Waals surface area (Å²) < 4.78 is 3.22. The second-order valence-electron chi connectivity index (χ2n) is 4.04. The van der Waals surface area contributed by atoms with Gasteiger partial charge in [-0.05, 0) is 24.5 Å². The van der Waals surface area contributed by atoms with E-state index < -0.39 is 0 Å². The van der Waals surface area contributed by atoms with Crippen molar-refractivity contribution in [3.8, 4) is 0 Å². The average Bonchev–Trinajstić information content (AvgIpc) is 2.69. The van der Waals surface area contributed by atoms with E-state index in [0.717, 1.165) is 23.0 Å². The Labute approximate surface area is 110 Å². The van der Waals surface area contributed by atoms with Gasteiger partial charge < -0.3 is 10.3 Å². The van der Waals surface area contributed by atoms with Crippen molar-refractivity contribution in [3.63, 3.8) is 0 Å². The number of nitrogens with two attached hydrogens (primary N) is 1. The number of hydrogen-bond acceptors (Lipinski definition) is 2. The first-order valence-corrected chi connectivity index (χ1v) is 6.44. The predicted octanol–water partition coefficient (Wildman–Crippen LogP) is 2.43. The summed E-state index contributed by atoms with van der Waals surface area (Å²) in [5, 5.41) is 0. The Kier molecular flexibility index (Phi) is 3.97. The lowest BCUT2D eigenvalue weighted by atomic mass is 10.1. The van der Waals surface area contributed by atoms with Crippen LogP contribution in [0.1, 0.15) is 17.0 Å². The second-order valence-corrected chi connectivity index (χ2v) is 4.90. The van der Waals surface area contributed by atoms with Crippen molar-refractivity contribution in [3.05, 3.63) is 52.0 Å². The van der Waals surface area contributed by atoms with Crippen LogP contribution in [0, 0.1) is 0 Å². The van der Waals surface area contributed by atoms with Crippen molar-refractivity contribution < 1.29 is 0 Å². The Balaban J connectivity index is 2.12. The number of imidazole rings is 1. The van der Waals surface area contributed by atoms with Gasteiger partial charge in [0, 0.05) is 23.8 Å². The van der Waals surface area contributed by atoms with Crippen LogP contribution in [0.25, 0.3) is 0 Å². The highest BCUT2D eigenvalue weighted by Gasteiger charge is 2.08. The maximum absolute atomic E-state index is 5.68. The monoisotopic (exact) mass is 293 g/mol. The highest BCUT2D eigenvalue weighted by molar-refractivity contribution is 9.10. The fourth-order valence-corrected chi connectivity index (χ4v) is 2.43. The van der Waals surface area contributed by atoms with Gasteiger partial charge in [-0.15, -0.1) is 0 Å². The standard InChI is InChI=1S/C13H16BrN3/c1-17-9-16-12(8-15)13(17)7-6-10-4-2-3-5-11(10)14/h2-5,9H,6-8,15H2,1H3. The van der Waals surface area contributed by atoms with E-state index >= 15 is 0 Å². The van der Waals surface area contributed by atoms with Gasteiger partial charge in [-0.2, -0.15) is 0 Å². The van der Waals surface area contributed by atoms with Crippen molar-refractivity contribution in [1.82, 2.24) is 9.55 Å². The van der Waals surface area contributed by atoms with Crippen molar-refractivity contribution in [2.75, 3.05) is 0 Å². The van der Waals surface area contributed by atoms with Gasteiger partial charge in [0.05, 0.1) is 12.0 Å². The minimum absolute atomic E-state index is 0.506. The van der Waals surface area contributed by atoms with Gasteiger partial charge in [-0.1, -0.05) is 34.1 Å². The number of aromatic nitrogens is 2. The molecule has 0 radical (unpaired) electrons. The molecule has 0 saturated heterocycles. The Morgan fingerprint density at radius 3 is 2.76 bits per heavy atom. The molecule has 0 fully saturated rings. The summed E-state index contributed by atoms with van der Waals surface area (Å²) in [6.45, 7) is 0.506. The summed E-state index contributed by atoms with van der Waals surface area (Å²) in [6.07, 6.45) is 3.79. The van der Waals surface area contributed by atoms with E-state index in [1.165, 1.54) is 11.3 Å². The quantitative estimate of drug-likeness (QED) is 0.941. The number of halogens is 1. The SMILES string of the molecule is Cn1cnc(CN)c1CCc1ccccc1Br. The third-order valence-corrected chi connectivity index (χ3v) is 3.70. The molecule has 90 valence electrons. The largest absolute Gasteiger partial charge is 0.337 e. The third-order valence-electron chi connectivity index (χ3n) is 2.93. The van der Waals surface area contributed by atoms with Crippen LogP contribution in [0.2, 0.25) is 0 Å². The Bertz CT molecular complexity index is 505. The first kappa shape index (κ1) is 12.3. The molecular formula is C13H16BrN3. The summed E-state index contributed by atoms with van der Waals surface area (Å²) in [7, 11) is 2.02. The molecule has 0 amide bonds. The van der Waals surface area contributed by atoms with Gasteiger partial charge in [0.25, 0.3) is 0 Å². The van der Waals surface area contributed by atoms with E-state index in [1.807, 2.05) is 19.4 Å². The molecule has 0 spiro atoms. The molecule has 0 bridgehead atoms. The molecule has 2 rings (SSSR count). The van der Waals surface area contributed by atoms with Crippen molar-refractivity contribution in [2.24, 2.45) is 12.8 Å². The second kappa shape index (κ2) is 5.47. The highest BCUT2D eigenvalue weighted by Crippen LogP contribution is 2.18. The van der Waals surface area contributed by atoms with E-state index in [-0.39, 0.29) is 0 Å². The molecule has 4 heteroatoms. The summed E-state index contributed by atoms with van der Waals surface area (Å²) in [6, 6.07) is 8.31. The molecule has 0 saturated carbocycles. The molecule has 0 unspecified atom stereocenters. The molecule has 0 aliphatic heterocycles. The zero-order valence-electron chi connectivity index (χ0n) is 9.86. The zero-order valence-corrected chi connectivity index (χ0v) is 11.4. The van der Waals surface area contributed by atoms with Crippen LogP contribution in [0.3, 0.4) is 0 Å². The summed E-state index contributed by atoms with van der Waals surface area (Å²) in [5.74, 6) is 0. The number of rotatable bonds is 4. The summed E-state index contributed by atoms with van der Waals surface area (Å²) >= 11 is 3.57. The van der Waals surface area contributed by atoms with Crippen LogP contribution in [-0.4, -0.2) is 9.55 Å². The van der Waals surface area contributed by atoms with Crippen LogP contribution in [-0.2, 0) is 26.4 Å². The van der Waals surface area contributed by atoms with Crippen molar-refractivity contribution >= 4 is 15.9 Å². The number of nitrogens with zero attached hydrogens (tertiary/aromatic N) is 2. The third kappa shape index (κ3) is 2.76. The molecule has 1 aromatic carbocycles. The lowest BCUT2D eigenvalue weighted by Crippen LogP contribution is -2.05. The van der Waals surface area contributed by atoms with Gasteiger partial charge in [0.1, 0.15) is 0 Å². The molecule has 17 heavy (non-hydrogen) atoms. The lowest BCUT2D eigenvalue weighted by Gasteiger charge is -2.07. The Morgan fingerprint density at radius 1 is 1.29 bits per heavy atom. The van der Waals surface area contributed by atoms with Crippen LogP contribution in [0.5, 0.6) is 0 Å². The molecule has 1 aromatic heterocycles. The first-order chi connectivity index (χ1) is 8.22. The zero-order chi connectivity index (χ0) is 12.3. The molecule has 0 aliphatic carbocycles. The smallest absolute Gasteiger partial charge is 0.0949 e. The van der Waals surface area contributed by atoms with Gasteiger partial charge in [-0.3, -0.25) is 0 Å². The maximum atomic E-state index is 5.68. The fourth-order valence-electron chi connectivity index (χ4n) is 1.95.